The molecule has 0 aromatic heterocycles. The van der Waals surface area contributed by atoms with Gasteiger partial charge in [0, 0.05) is 30.2 Å². The maximum Gasteiger partial charge on any atom is 0.254 e. The van der Waals surface area contributed by atoms with Crippen molar-refractivity contribution < 1.29 is 14.3 Å². The Morgan fingerprint density at radius 1 is 1.25 bits per heavy atom. The van der Waals surface area contributed by atoms with E-state index in [0.29, 0.717) is 30.2 Å². The number of halogens is 1. The van der Waals surface area contributed by atoms with E-state index in [4.69, 9.17) is 16.3 Å². The first-order valence-electron chi connectivity index (χ1n) is 6.83. The topological polar surface area (TPSA) is 46.6 Å². The minimum absolute atomic E-state index is 0.0311. The van der Waals surface area contributed by atoms with Crippen molar-refractivity contribution in [2.45, 2.75) is 24.9 Å². The van der Waals surface area contributed by atoms with Crippen molar-refractivity contribution in [1.82, 2.24) is 4.90 Å². The second kappa shape index (κ2) is 5.19. The van der Waals surface area contributed by atoms with Gasteiger partial charge < -0.3 is 9.64 Å². The number of Topliss-reactive ketones (excluding diaryl/α,β-unsaturated/α-hetero) is 1. The van der Waals surface area contributed by atoms with Gasteiger partial charge in [-0.2, -0.15) is 0 Å². The van der Waals surface area contributed by atoms with Crippen LogP contribution in [0.4, 0.5) is 0 Å². The van der Waals surface area contributed by atoms with Gasteiger partial charge in [-0.15, -0.1) is 0 Å². The maximum absolute atomic E-state index is 12.3. The largest absolute Gasteiger partial charge is 0.367 e. The lowest BCUT2D eigenvalue weighted by Gasteiger charge is -2.37. The monoisotopic (exact) mass is 293 g/mol. The van der Waals surface area contributed by atoms with E-state index in [1.165, 1.54) is 0 Å². The van der Waals surface area contributed by atoms with Crippen LogP contribution in [0.25, 0.3) is 0 Å². The molecule has 1 aromatic carbocycles. The van der Waals surface area contributed by atoms with Gasteiger partial charge in [0.2, 0.25) is 0 Å². The summed E-state index contributed by atoms with van der Waals surface area (Å²) in [6, 6.07) is 6.74. The molecule has 0 saturated carbocycles. The Hall–Kier alpha value is -1.39. The first kappa shape index (κ1) is 13.6. The molecule has 2 heterocycles. The first-order chi connectivity index (χ1) is 9.61. The highest BCUT2D eigenvalue weighted by Crippen LogP contribution is 2.33. The van der Waals surface area contributed by atoms with Gasteiger partial charge in [0.1, 0.15) is 5.60 Å². The van der Waals surface area contributed by atoms with Gasteiger partial charge in [-0.25, -0.2) is 0 Å². The standard InChI is InChI=1S/C15H16ClNO3/c16-12-4-2-11(3-5-12)14(19)17-8-7-15(13(18)10-17)6-1-9-20-15/h2-5H,1,6-10H2/t15-/m0/s1. The van der Waals surface area contributed by atoms with Gasteiger partial charge in [-0.3, -0.25) is 9.59 Å². The summed E-state index contributed by atoms with van der Waals surface area (Å²) in [4.78, 5) is 26.2. The minimum atomic E-state index is -0.614. The Balaban J connectivity index is 1.72. The summed E-state index contributed by atoms with van der Waals surface area (Å²) in [5.41, 5.74) is -0.0537. The highest BCUT2D eigenvalue weighted by atomic mass is 35.5. The number of hydrogen-bond donors (Lipinski definition) is 0. The van der Waals surface area contributed by atoms with Crippen molar-refractivity contribution in [2.75, 3.05) is 19.7 Å². The Kier molecular flexibility index (Phi) is 3.52. The molecule has 0 unspecified atom stereocenters. The zero-order valence-corrected chi connectivity index (χ0v) is 11.9. The van der Waals surface area contributed by atoms with E-state index in [1.54, 1.807) is 29.2 Å². The number of carbonyl (C=O) groups excluding carboxylic acids is 2. The summed E-state index contributed by atoms with van der Waals surface area (Å²) in [6.07, 6.45) is 2.32. The number of carbonyl (C=O) groups is 2. The summed E-state index contributed by atoms with van der Waals surface area (Å²) in [5.74, 6) is -0.0913. The average molecular weight is 294 g/mol. The van der Waals surface area contributed by atoms with E-state index in [0.717, 1.165) is 12.8 Å². The summed E-state index contributed by atoms with van der Waals surface area (Å²) < 4.78 is 5.64. The molecule has 4 nitrogen and oxygen atoms in total. The van der Waals surface area contributed by atoms with E-state index in [2.05, 4.69) is 0 Å². The molecular weight excluding hydrogens is 278 g/mol. The maximum atomic E-state index is 12.3. The summed E-state index contributed by atoms with van der Waals surface area (Å²) in [6.45, 7) is 1.35. The van der Waals surface area contributed by atoms with Crippen LogP contribution in [0.1, 0.15) is 29.6 Å². The van der Waals surface area contributed by atoms with Crippen LogP contribution in [-0.4, -0.2) is 41.9 Å². The molecule has 2 saturated heterocycles. The van der Waals surface area contributed by atoms with Gasteiger partial charge >= 0.3 is 0 Å². The van der Waals surface area contributed by atoms with Crippen LogP contribution in [0.3, 0.4) is 0 Å². The van der Waals surface area contributed by atoms with Gasteiger partial charge in [0.15, 0.2) is 5.78 Å². The molecule has 1 atom stereocenters. The van der Waals surface area contributed by atoms with Crippen LogP contribution < -0.4 is 0 Å². The molecule has 0 N–H and O–H groups in total. The molecule has 20 heavy (non-hydrogen) atoms. The van der Waals surface area contributed by atoms with Crippen molar-refractivity contribution in [2.24, 2.45) is 0 Å². The fraction of sp³-hybridized carbons (Fsp3) is 0.467. The van der Waals surface area contributed by atoms with Crippen LogP contribution in [0.15, 0.2) is 24.3 Å². The quantitative estimate of drug-likeness (QED) is 0.798. The third-order valence-corrected chi connectivity index (χ3v) is 4.36. The van der Waals surface area contributed by atoms with Gasteiger partial charge in [0.05, 0.1) is 6.54 Å². The number of amides is 1. The van der Waals surface area contributed by atoms with E-state index in [1.807, 2.05) is 0 Å². The molecule has 1 amide bonds. The van der Waals surface area contributed by atoms with Crippen LogP contribution >= 0.6 is 11.6 Å². The molecule has 3 rings (SSSR count). The van der Waals surface area contributed by atoms with Gasteiger partial charge in [-0.05, 0) is 37.1 Å². The molecule has 1 spiro atoms. The summed E-state index contributed by atoms with van der Waals surface area (Å²) in [5, 5.41) is 0.592. The van der Waals surface area contributed by atoms with E-state index in [9.17, 15) is 9.59 Å². The number of ketones is 1. The fourth-order valence-corrected chi connectivity index (χ4v) is 3.04. The highest BCUT2D eigenvalue weighted by molar-refractivity contribution is 6.30. The van der Waals surface area contributed by atoms with Crippen LogP contribution in [0.5, 0.6) is 0 Å². The molecule has 0 bridgehead atoms. The second-order valence-corrected chi connectivity index (χ2v) is 5.79. The normalized spacial score (nSPS) is 26.2. The van der Waals surface area contributed by atoms with Crippen molar-refractivity contribution in [3.63, 3.8) is 0 Å². The molecule has 2 aliphatic heterocycles. The van der Waals surface area contributed by atoms with Crippen molar-refractivity contribution in [3.8, 4) is 0 Å². The number of piperidine rings is 1. The highest BCUT2D eigenvalue weighted by Gasteiger charge is 2.46. The van der Waals surface area contributed by atoms with E-state index >= 15 is 0 Å². The summed E-state index contributed by atoms with van der Waals surface area (Å²) >= 11 is 5.81. The molecule has 0 radical (unpaired) electrons. The molecule has 106 valence electrons. The lowest BCUT2D eigenvalue weighted by molar-refractivity contribution is -0.144. The molecule has 5 heteroatoms. The van der Waals surface area contributed by atoms with Gasteiger partial charge in [0.25, 0.3) is 5.91 Å². The number of hydrogen-bond acceptors (Lipinski definition) is 3. The number of ether oxygens (including phenoxy) is 1. The third kappa shape index (κ3) is 2.34. The Morgan fingerprint density at radius 3 is 2.60 bits per heavy atom. The smallest absolute Gasteiger partial charge is 0.254 e. The van der Waals surface area contributed by atoms with E-state index in [-0.39, 0.29) is 18.2 Å². The molecule has 2 aliphatic rings. The zero-order valence-electron chi connectivity index (χ0n) is 11.1. The average Bonchev–Trinajstić information content (AvgIpc) is 2.92. The lowest BCUT2D eigenvalue weighted by atomic mass is 9.87. The molecule has 0 aliphatic carbocycles. The predicted octanol–water partition coefficient (Wildman–Crippen LogP) is 2.30. The number of rotatable bonds is 1. The lowest BCUT2D eigenvalue weighted by Crippen LogP contribution is -2.53. The van der Waals surface area contributed by atoms with Crippen LogP contribution in [0, 0.1) is 0 Å². The van der Waals surface area contributed by atoms with Crippen LogP contribution in [-0.2, 0) is 9.53 Å². The van der Waals surface area contributed by atoms with Gasteiger partial charge in [-0.1, -0.05) is 11.6 Å². The molecular formula is C15H16ClNO3. The third-order valence-electron chi connectivity index (χ3n) is 4.11. The van der Waals surface area contributed by atoms with E-state index < -0.39 is 5.60 Å². The number of nitrogens with zero attached hydrogens (tertiary/aromatic N) is 1. The van der Waals surface area contributed by atoms with Crippen LogP contribution in [0.2, 0.25) is 5.02 Å². The zero-order chi connectivity index (χ0) is 14.2. The Labute approximate surface area is 122 Å². The number of benzene rings is 1. The second-order valence-electron chi connectivity index (χ2n) is 5.35. The first-order valence-corrected chi connectivity index (χ1v) is 7.21. The SMILES string of the molecule is O=C(c1ccc(Cl)cc1)N1CC[C@@]2(CCCO2)C(=O)C1. The molecule has 1 aromatic rings. The van der Waals surface area contributed by atoms with Crippen molar-refractivity contribution in [3.05, 3.63) is 34.9 Å². The fourth-order valence-electron chi connectivity index (χ4n) is 2.91. The Morgan fingerprint density at radius 2 is 2.00 bits per heavy atom. The summed E-state index contributed by atoms with van der Waals surface area (Å²) in [7, 11) is 0. The number of likely N-dealkylation sites (tertiary alicyclic amines) is 1. The minimum Gasteiger partial charge on any atom is -0.367 e. The predicted molar refractivity (Wildman–Crippen MR) is 74.9 cm³/mol. The van der Waals surface area contributed by atoms with Crippen molar-refractivity contribution >= 4 is 23.3 Å². The molecule has 2 fully saturated rings. The Bertz CT molecular complexity index is 535. The van der Waals surface area contributed by atoms with Crippen molar-refractivity contribution in [1.29, 1.82) is 0 Å².